The molecule has 78 heavy (non-hydrogen) atoms. The molecule has 2 aliphatic carbocycles. The van der Waals surface area contributed by atoms with E-state index in [4.69, 9.17) is 40.1 Å². The number of aliphatic imine (C=N–C) groups is 2. The first-order chi connectivity index (χ1) is 37.5. The second-order valence-electron chi connectivity index (χ2n) is 20.8. The summed E-state index contributed by atoms with van der Waals surface area (Å²) in [5, 5.41) is 107. The number of aliphatic hydroxyl groups excluding tert-OH is 6. The highest BCUT2D eigenvalue weighted by molar-refractivity contribution is 8.79. The number of rotatable bonds is 14. The average molecular weight is 1170 g/mol. The first kappa shape index (κ1) is 58.9. The quantitative estimate of drug-likeness (QED) is 0.0134. The largest absolute Gasteiger partial charge is 0.478 e. The molecule has 28 heteroatoms. The van der Waals surface area contributed by atoms with Crippen molar-refractivity contribution in [3.05, 3.63) is 58.7 Å². The Morgan fingerprint density at radius 3 is 2.69 bits per heavy atom. The van der Waals surface area contributed by atoms with Gasteiger partial charge in [-0.15, -0.1) is 0 Å². The number of nitrogens with zero attached hydrogens (tertiary/aromatic N) is 3. The summed E-state index contributed by atoms with van der Waals surface area (Å²) < 4.78 is 31.2. The van der Waals surface area contributed by atoms with Crippen LogP contribution in [0.3, 0.4) is 0 Å². The molecule has 2 fully saturated rings. The lowest BCUT2D eigenvalue weighted by molar-refractivity contribution is -0.419. The van der Waals surface area contributed by atoms with Gasteiger partial charge in [0.25, 0.3) is 0 Å². The van der Waals surface area contributed by atoms with Gasteiger partial charge in [-0.1, -0.05) is 67.2 Å². The summed E-state index contributed by atoms with van der Waals surface area (Å²) in [5.41, 5.74) is 11.9. The van der Waals surface area contributed by atoms with Gasteiger partial charge in [0.15, 0.2) is 24.3 Å². The third-order valence-electron chi connectivity index (χ3n) is 16.0. The standard InChI is InChI=1S/C50H70N8O16S4/c1-53-36(22-63)73-40-44(72-35(21-62)39(64)50(40,68)69)74-45-48-8-2-13-75-78-49(16-29-15-28(7-9-48)55-47(52)56-29)10-6-25-14-27-17-58(18-30(42(65)66)38(27)57-46(51)54-11-3-12-59)33(20-61)41(49)77-76-24-32-26(19-60)4-5-34(32)71-43(67)31(23-70-45)37(25)48/h2,8,14,18,23,26,28-29,32-37,39-41,44-45,53,59-64,68-69H,3-5,7,9,11-13,15-17,19-22,24H2,1H3,(H,65,66)(H3,51,54,57)(H3,52,55,56). The molecule has 9 aliphatic rings. The molecule has 16 atom stereocenters. The van der Waals surface area contributed by atoms with E-state index in [9.17, 15) is 50.8 Å². The van der Waals surface area contributed by atoms with Gasteiger partial charge in [-0.2, -0.15) is 0 Å². The molecule has 0 aromatic rings. The van der Waals surface area contributed by atoms with Gasteiger partial charge in [-0.25, -0.2) is 9.59 Å². The van der Waals surface area contributed by atoms with Crippen LogP contribution in [0.1, 0.15) is 44.9 Å². The number of carboxylic acid groups (broad SMARTS) is 1. The topological polar surface area (TPSA) is 378 Å². The zero-order chi connectivity index (χ0) is 55.5. The SMILES string of the molecule is CNC(CO)OC1C(OC2OC=C3C(=O)OC4CCC(CO)C4CSSC4C(CO)N5C=C(C(=O)O)C(NC(N)=NCCCO)=C(C=C6C#CC47CC4CC(CCC2(C=CCSS7)C63)N=C(N)N4)C5)OC(CO)C(O)C1(O)O. The number of carboxylic acids is 1. The van der Waals surface area contributed by atoms with Crippen molar-refractivity contribution >= 4 is 67.0 Å². The van der Waals surface area contributed by atoms with Crippen LogP contribution in [0.2, 0.25) is 0 Å². The number of fused-ring (bicyclic) bond motifs is 5. The van der Waals surface area contributed by atoms with E-state index in [1.807, 2.05) is 12.2 Å². The van der Waals surface area contributed by atoms with Crippen LogP contribution in [0.5, 0.6) is 0 Å². The summed E-state index contributed by atoms with van der Waals surface area (Å²) >= 11 is 0. The number of carbonyl (C=O) groups is 2. The number of likely N-dealkylation sites (N-methyl/N-ethyl adjacent to an activating group) is 1. The Bertz CT molecular complexity index is 2520. The van der Waals surface area contributed by atoms with E-state index < -0.39 is 114 Å². The minimum atomic E-state index is -3.18. The van der Waals surface area contributed by atoms with Crippen LogP contribution in [0, 0.1) is 35.0 Å². The molecule has 7 heterocycles. The van der Waals surface area contributed by atoms with Gasteiger partial charge in [0.1, 0.15) is 29.3 Å². The fourth-order valence-electron chi connectivity index (χ4n) is 12.0. The lowest BCUT2D eigenvalue weighted by atomic mass is 9.63. The molecule has 0 spiro atoms. The third kappa shape index (κ3) is 11.8. The van der Waals surface area contributed by atoms with Gasteiger partial charge < -0.3 is 96.6 Å². The lowest BCUT2D eigenvalue weighted by Crippen LogP contribution is -2.70. The van der Waals surface area contributed by atoms with Crippen LogP contribution in [-0.2, 0) is 33.3 Å². The molecule has 7 aliphatic heterocycles. The van der Waals surface area contributed by atoms with Crippen molar-refractivity contribution < 1.29 is 79.2 Å². The summed E-state index contributed by atoms with van der Waals surface area (Å²) in [6, 6.07) is -1.59. The van der Waals surface area contributed by atoms with Gasteiger partial charge in [0, 0.05) is 67.5 Å². The number of ether oxygens (including phenoxy) is 5. The van der Waals surface area contributed by atoms with Crippen molar-refractivity contribution in [1.82, 2.24) is 20.9 Å². The van der Waals surface area contributed by atoms with Crippen LogP contribution >= 0.6 is 43.2 Å². The minimum Gasteiger partial charge on any atom is -0.478 e. The number of nitrogens with two attached hydrogens (primary N) is 2. The summed E-state index contributed by atoms with van der Waals surface area (Å²) in [7, 11) is 7.48. The monoisotopic (exact) mass is 1170 g/mol. The number of hydrogen-bond acceptors (Lipinski definition) is 25. The molecule has 0 aromatic carbocycles. The zero-order valence-corrected chi connectivity index (χ0v) is 46.1. The number of allylic oxidation sites excluding steroid dienone is 1. The number of aliphatic hydroxyl groups is 8. The predicted molar refractivity (Wildman–Crippen MR) is 291 cm³/mol. The molecule has 1 saturated carbocycles. The van der Waals surface area contributed by atoms with Crippen LogP contribution in [-0.4, -0.2) is 217 Å². The number of esters is 1. The Balaban J connectivity index is 1.36. The van der Waals surface area contributed by atoms with Gasteiger partial charge >= 0.3 is 11.9 Å². The predicted octanol–water partition coefficient (Wildman–Crippen LogP) is -1.73. The Morgan fingerprint density at radius 1 is 1.14 bits per heavy atom. The molecule has 16 unspecified atom stereocenters. The molecular weight excluding hydrogens is 1100 g/mol. The van der Waals surface area contributed by atoms with Crippen molar-refractivity contribution in [1.29, 1.82) is 0 Å². The van der Waals surface area contributed by atoms with Gasteiger partial charge in [0.2, 0.25) is 12.1 Å². The van der Waals surface area contributed by atoms with Crippen LogP contribution in [0.25, 0.3) is 0 Å². The normalized spacial score (nSPS) is 37.9. The molecule has 0 amide bonds. The van der Waals surface area contributed by atoms with Crippen molar-refractivity contribution in [2.45, 2.75) is 122 Å². The number of hydrogen-bond donors (Lipinski definition) is 14. The molecule has 16 N–H and O–H groups in total. The Hall–Kier alpha value is -3.74. The van der Waals surface area contributed by atoms with Crippen LogP contribution in [0.4, 0.5) is 0 Å². The smallest absolute Gasteiger partial charge is 0.339 e. The molecular formula is C50H70N8O16S4. The van der Waals surface area contributed by atoms with E-state index >= 15 is 4.79 Å². The maximum Gasteiger partial charge on any atom is 0.339 e. The first-order valence-electron chi connectivity index (χ1n) is 26.0. The number of aliphatic carboxylic acids is 1. The molecule has 0 aromatic heterocycles. The summed E-state index contributed by atoms with van der Waals surface area (Å²) in [5.74, 6) is 1.08. The first-order valence-corrected chi connectivity index (χ1v) is 30.7. The maximum absolute atomic E-state index is 15.6. The van der Waals surface area contributed by atoms with Crippen LogP contribution < -0.4 is 27.4 Å². The van der Waals surface area contributed by atoms with E-state index in [0.717, 1.165) is 0 Å². The third-order valence-corrected chi connectivity index (χ3v) is 22.1. The van der Waals surface area contributed by atoms with E-state index in [-0.39, 0.29) is 97.8 Å². The Morgan fingerprint density at radius 2 is 1.96 bits per heavy atom. The molecule has 9 rings (SSSR count). The number of nitrogens with one attached hydrogen (secondary N) is 3. The summed E-state index contributed by atoms with van der Waals surface area (Å²) in [6.45, 7) is -2.26. The molecule has 1 saturated heterocycles. The van der Waals surface area contributed by atoms with Crippen molar-refractivity contribution in [2.24, 2.45) is 44.6 Å². The molecule has 430 valence electrons. The summed E-state index contributed by atoms with van der Waals surface area (Å²) in [4.78, 5) is 40.3. The number of guanidine groups is 2. The fraction of sp³-hybridized carbons (Fsp3) is 0.680. The van der Waals surface area contributed by atoms with Crippen molar-refractivity contribution in [3.8, 4) is 11.8 Å². The number of carbonyl (C=O) groups excluding carboxylic acids is 1. The summed E-state index contributed by atoms with van der Waals surface area (Å²) in [6.07, 6.45) is -0.611. The van der Waals surface area contributed by atoms with E-state index in [1.54, 1.807) is 11.0 Å². The van der Waals surface area contributed by atoms with Gasteiger partial charge in [-0.05, 0) is 69.6 Å². The Labute approximate surface area is 466 Å². The van der Waals surface area contributed by atoms with Crippen molar-refractivity contribution in [2.75, 3.05) is 64.7 Å². The molecule has 0 radical (unpaired) electrons. The minimum absolute atomic E-state index is 0.0161. The molecule has 24 nitrogen and oxygen atoms in total. The molecule has 9 bridgehead atoms. The van der Waals surface area contributed by atoms with E-state index in [0.29, 0.717) is 42.8 Å². The van der Waals surface area contributed by atoms with Crippen LogP contribution in [0.15, 0.2) is 68.7 Å². The Kier molecular flexibility index (Phi) is 19.0. The second-order valence-corrected chi connectivity index (χ2v) is 26.0. The highest BCUT2D eigenvalue weighted by atomic mass is 33.1. The highest BCUT2D eigenvalue weighted by Crippen LogP contribution is 2.57. The zero-order valence-electron chi connectivity index (χ0n) is 42.8. The van der Waals surface area contributed by atoms with Gasteiger partial charge in [-0.3, -0.25) is 15.3 Å². The van der Waals surface area contributed by atoms with Gasteiger partial charge in [0.05, 0.1) is 65.7 Å². The van der Waals surface area contributed by atoms with E-state index in [2.05, 4.69) is 32.8 Å². The highest BCUT2D eigenvalue weighted by Gasteiger charge is 2.61. The lowest BCUT2D eigenvalue weighted by Gasteiger charge is -2.52. The van der Waals surface area contributed by atoms with Crippen molar-refractivity contribution in [3.63, 3.8) is 0 Å². The fourth-order valence-corrected chi connectivity index (χ4v) is 19.0. The van der Waals surface area contributed by atoms with E-state index in [1.165, 1.54) is 62.7 Å². The maximum atomic E-state index is 15.6. The second kappa shape index (κ2) is 25.2. The average Bonchev–Trinajstić information content (AvgIpc) is 3.89.